The summed E-state index contributed by atoms with van der Waals surface area (Å²) >= 11 is 0. The molecule has 0 aliphatic rings. The zero-order valence-corrected chi connectivity index (χ0v) is 15.8. The molecule has 2 aromatic heterocycles. The summed E-state index contributed by atoms with van der Waals surface area (Å²) in [7, 11) is -4.14. The zero-order valence-electron chi connectivity index (χ0n) is 15.0. The molecular weight excluding hydrogens is 390 g/mol. The molecule has 144 valence electrons. The topological polar surface area (TPSA) is 109 Å². The molecule has 4 rings (SSSR count). The molecule has 2 heterocycles. The van der Waals surface area contributed by atoms with Crippen LogP contribution in [0.1, 0.15) is 10.4 Å². The first-order valence-electron chi connectivity index (χ1n) is 8.62. The van der Waals surface area contributed by atoms with Crippen molar-refractivity contribution in [2.24, 2.45) is 0 Å². The van der Waals surface area contributed by atoms with Gasteiger partial charge in [-0.05, 0) is 36.4 Å². The van der Waals surface area contributed by atoms with Gasteiger partial charge in [0.05, 0.1) is 28.2 Å². The molecule has 0 saturated heterocycles. The highest BCUT2D eigenvalue weighted by Crippen LogP contribution is 2.27. The van der Waals surface area contributed by atoms with Crippen LogP contribution in [0.15, 0.2) is 83.9 Å². The molecule has 0 fully saturated rings. The molecule has 0 atom stereocenters. The van der Waals surface area contributed by atoms with E-state index in [0.717, 1.165) is 5.39 Å². The lowest BCUT2D eigenvalue weighted by Crippen LogP contribution is -2.17. The van der Waals surface area contributed by atoms with Crippen LogP contribution in [0.5, 0.6) is 0 Å². The van der Waals surface area contributed by atoms with Crippen LogP contribution < -0.4 is 4.72 Å². The Hall–Kier alpha value is -3.78. The van der Waals surface area contributed by atoms with Gasteiger partial charge in [-0.1, -0.05) is 36.4 Å². The van der Waals surface area contributed by atoms with Gasteiger partial charge in [-0.2, -0.15) is 0 Å². The van der Waals surface area contributed by atoms with Crippen molar-refractivity contribution in [2.45, 2.75) is 4.90 Å². The van der Waals surface area contributed by atoms with Gasteiger partial charge in [0.25, 0.3) is 10.0 Å². The first-order valence-corrected chi connectivity index (χ1v) is 10.1. The van der Waals surface area contributed by atoms with Crippen molar-refractivity contribution in [3.63, 3.8) is 0 Å². The fraction of sp³-hybridized carbons (Fsp3) is 0. The van der Waals surface area contributed by atoms with Crippen LogP contribution in [-0.2, 0) is 10.0 Å². The molecule has 0 aliphatic heterocycles. The third-order valence-corrected chi connectivity index (χ3v) is 5.72. The molecule has 0 unspecified atom stereocenters. The molecule has 8 heteroatoms. The van der Waals surface area contributed by atoms with Crippen molar-refractivity contribution in [3.8, 4) is 11.4 Å². The molecule has 4 aromatic rings. The number of pyridine rings is 2. The van der Waals surface area contributed by atoms with Crippen LogP contribution in [0.3, 0.4) is 0 Å². The number of carboxylic acids is 1. The van der Waals surface area contributed by atoms with E-state index < -0.39 is 16.0 Å². The Kier molecular flexibility index (Phi) is 4.69. The van der Waals surface area contributed by atoms with Gasteiger partial charge >= 0.3 is 5.97 Å². The summed E-state index contributed by atoms with van der Waals surface area (Å²) in [5.74, 6) is -1.32. The lowest BCUT2D eigenvalue weighted by atomic mass is 10.1. The Morgan fingerprint density at radius 2 is 1.66 bits per heavy atom. The largest absolute Gasteiger partial charge is 0.478 e. The van der Waals surface area contributed by atoms with Crippen molar-refractivity contribution >= 4 is 32.6 Å². The van der Waals surface area contributed by atoms with Gasteiger partial charge in [-0.3, -0.25) is 9.71 Å². The molecule has 0 bridgehead atoms. The van der Waals surface area contributed by atoms with Crippen molar-refractivity contribution in [3.05, 3.63) is 84.6 Å². The highest BCUT2D eigenvalue weighted by Gasteiger charge is 2.22. The fourth-order valence-electron chi connectivity index (χ4n) is 2.96. The summed E-state index contributed by atoms with van der Waals surface area (Å²) in [6.07, 6.45) is 1.65. The molecule has 0 spiro atoms. The van der Waals surface area contributed by atoms with Crippen LogP contribution in [-0.4, -0.2) is 29.5 Å². The molecule has 0 aliphatic carbocycles. The molecule has 0 radical (unpaired) electrons. The van der Waals surface area contributed by atoms with Crippen molar-refractivity contribution < 1.29 is 18.3 Å². The van der Waals surface area contributed by atoms with E-state index in [1.807, 2.05) is 30.3 Å². The average Bonchev–Trinajstić information content (AvgIpc) is 2.74. The number of sulfonamides is 1. The summed E-state index contributed by atoms with van der Waals surface area (Å²) in [6.45, 7) is 0. The van der Waals surface area contributed by atoms with E-state index in [-0.39, 0.29) is 16.1 Å². The summed E-state index contributed by atoms with van der Waals surface area (Å²) in [5.41, 5.74) is 1.63. The van der Waals surface area contributed by atoms with Gasteiger partial charge in [0.1, 0.15) is 4.90 Å². The Morgan fingerprint density at radius 1 is 0.862 bits per heavy atom. The maximum absolute atomic E-state index is 12.9. The third kappa shape index (κ3) is 3.65. The number of nitrogens with one attached hydrogen (secondary N) is 1. The van der Waals surface area contributed by atoms with Crippen molar-refractivity contribution in [1.29, 1.82) is 0 Å². The maximum atomic E-state index is 12.9. The summed E-state index contributed by atoms with van der Waals surface area (Å²) in [5, 5.41) is 10.1. The number of para-hydroxylation sites is 1. The van der Waals surface area contributed by atoms with E-state index in [2.05, 4.69) is 14.7 Å². The number of aromatic nitrogens is 2. The summed E-state index contributed by atoms with van der Waals surface area (Å²) in [4.78, 5) is 20.0. The predicted octanol–water partition coefficient (Wildman–Crippen LogP) is 3.80. The molecule has 0 amide bonds. The molecule has 2 N–H and O–H groups in total. The van der Waals surface area contributed by atoms with Gasteiger partial charge in [0.2, 0.25) is 0 Å². The normalized spacial score (nSPS) is 11.3. The first kappa shape index (κ1) is 18.6. The number of hydrogen-bond acceptors (Lipinski definition) is 5. The van der Waals surface area contributed by atoms with Gasteiger partial charge < -0.3 is 5.11 Å². The second-order valence-corrected chi connectivity index (χ2v) is 7.85. The van der Waals surface area contributed by atoms with Crippen LogP contribution in [0.4, 0.5) is 5.69 Å². The highest BCUT2D eigenvalue weighted by atomic mass is 32.2. The monoisotopic (exact) mass is 405 g/mol. The average molecular weight is 405 g/mol. The lowest BCUT2D eigenvalue weighted by molar-refractivity contribution is 0.0692. The van der Waals surface area contributed by atoms with Crippen LogP contribution in [0.2, 0.25) is 0 Å². The van der Waals surface area contributed by atoms with E-state index in [1.165, 1.54) is 24.3 Å². The number of rotatable bonds is 5. The van der Waals surface area contributed by atoms with Gasteiger partial charge in [0.15, 0.2) is 0 Å². The molecule has 29 heavy (non-hydrogen) atoms. The SMILES string of the molecule is O=C(O)c1ccccc1S(=O)(=O)Nc1cccc2ccc(-c3ccccn3)nc12. The number of hydrogen-bond donors (Lipinski definition) is 2. The number of benzene rings is 2. The van der Waals surface area contributed by atoms with Crippen LogP contribution in [0.25, 0.3) is 22.3 Å². The van der Waals surface area contributed by atoms with Crippen molar-refractivity contribution in [1.82, 2.24) is 9.97 Å². The summed E-state index contributed by atoms with van der Waals surface area (Å²) in [6, 6.07) is 19.6. The fourth-order valence-corrected chi connectivity index (χ4v) is 4.23. The second kappa shape index (κ2) is 7.33. The number of aromatic carboxylic acids is 1. The Labute approximate surface area is 166 Å². The minimum atomic E-state index is -4.14. The van der Waals surface area contributed by atoms with Crippen LogP contribution >= 0.6 is 0 Å². The van der Waals surface area contributed by atoms with E-state index in [0.29, 0.717) is 16.9 Å². The van der Waals surface area contributed by atoms with Crippen molar-refractivity contribution in [2.75, 3.05) is 4.72 Å². The van der Waals surface area contributed by atoms with Gasteiger partial charge in [-0.15, -0.1) is 0 Å². The molecular formula is C21H15N3O4S. The quantitative estimate of drug-likeness (QED) is 0.523. The third-order valence-electron chi connectivity index (χ3n) is 4.30. The number of carbonyl (C=O) groups is 1. The summed E-state index contributed by atoms with van der Waals surface area (Å²) < 4.78 is 28.3. The number of nitrogens with zero attached hydrogens (tertiary/aromatic N) is 2. The van der Waals surface area contributed by atoms with Crippen LogP contribution in [0, 0.1) is 0 Å². The van der Waals surface area contributed by atoms with E-state index >= 15 is 0 Å². The van der Waals surface area contributed by atoms with Gasteiger partial charge in [-0.25, -0.2) is 18.2 Å². The predicted molar refractivity (Wildman–Crippen MR) is 109 cm³/mol. The minimum absolute atomic E-state index is 0.250. The standard InChI is InChI=1S/C21H15N3O4S/c25-21(26)15-7-1-2-10-19(15)29(27,28)24-18-9-5-6-14-11-12-17(23-20(14)18)16-8-3-4-13-22-16/h1-13,24H,(H,25,26). The maximum Gasteiger partial charge on any atom is 0.337 e. The second-order valence-electron chi connectivity index (χ2n) is 6.20. The molecule has 2 aromatic carbocycles. The Morgan fingerprint density at radius 3 is 2.41 bits per heavy atom. The number of carboxylic acid groups (broad SMARTS) is 1. The number of anilines is 1. The molecule has 7 nitrogen and oxygen atoms in total. The van der Waals surface area contributed by atoms with E-state index in [1.54, 1.807) is 24.4 Å². The highest BCUT2D eigenvalue weighted by molar-refractivity contribution is 7.92. The Balaban J connectivity index is 1.81. The van der Waals surface area contributed by atoms with E-state index in [9.17, 15) is 18.3 Å². The first-order chi connectivity index (χ1) is 14.0. The molecule has 0 saturated carbocycles. The number of fused-ring (bicyclic) bond motifs is 1. The Bertz CT molecular complexity index is 1320. The lowest BCUT2D eigenvalue weighted by Gasteiger charge is -2.12. The minimum Gasteiger partial charge on any atom is -0.478 e. The zero-order chi connectivity index (χ0) is 20.4. The van der Waals surface area contributed by atoms with E-state index in [4.69, 9.17) is 0 Å². The smallest absolute Gasteiger partial charge is 0.337 e. The van der Waals surface area contributed by atoms with Gasteiger partial charge in [0, 0.05) is 11.6 Å².